The molecule has 0 aromatic carbocycles. The number of carbonyl (C=O) groups is 1. The van der Waals surface area contributed by atoms with Crippen molar-refractivity contribution in [3.8, 4) is 11.5 Å². The Balaban J connectivity index is 1.35. The van der Waals surface area contributed by atoms with Crippen molar-refractivity contribution in [3.63, 3.8) is 0 Å². The predicted molar refractivity (Wildman–Crippen MR) is 85.4 cm³/mol. The van der Waals surface area contributed by atoms with E-state index in [-0.39, 0.29) is 11.6 Å². The van der Waals surface area contributed by atoms with Crippen molar-refractivity contribution in [1.29, 1.82) is 0 Å². The normalized spacial score (nSPS) is 13.7. The third-order valence-electron chi connectivity index (χ3n) is 4.26. The number of aromatic nitrogens is 3. The van der Waals surface area contributed by atoms with Gasteiger partial charge in [-0.25, -0.2) is 0 Å². The maximum atomic E-state index is 12.2. The van der Waals surface area contributed by atoms with Crippen molar-refractivity contribution in [2.45, 2.75) is 32.2 Å². The molecular weight excluding hydrogens is 308 g/mol. The highest BCUT2D eigenvalue weighted by Gasteiger charge is 2.16. The molecule has 3 heterocycles. The number of fused-ring (bicyclic) bond motifs is 1. The molecule has 7 heteroatoms. The van der Waals surface area contributed by atoms with Gasteiger partial charge in [0.2, 0.25) is 5.76 Å². The fourth-order valence-electron chi connectivity index (χ4n) is 3.03. The molecule has 3 aromatic heterocycles. The second-order valence-electron chi connectivity index (χ2n) is 5.86. The van der Waals surface area contributed by atoms with Crippen molar-refractivity contribution in [2.24, 2.45) is 0 Å². The van der Waals surface area contributed by atoms with Crippen molar-refractivity contribution in [1.82, 2.24) is 20.3 Å². The molecule has 1 N–H and O–H groups in total. The Labute approximate surface area is 138 Å². The summed E-state index contributed by atoms with van der Waals surface area (Å²) >= 11 is 0. The Hall–Kier alpha value is -2.83. The second-order valence-corrected chi connectivity index (χ2v) is 5.86. The number of carbonyl (C=O) groups excluding carboxylic acids is 1. The minimum atomic E-state index is -0.266. The number of rotatable bonds is 5. The fourth-order valence-corrected chi connectivity index (χ4v) is 3.03. The first kappa shape index (κ1) is 14.7. The van der Waals surface area contributed by atoms with Crippen molar-refractivity contribution >= 4 is 5.91 Å². The van der Waals surface area contributed by atoms with Gasteiger partial charge >= 0.3 is 0 Å². The minimum Gasteiger partial charge on any atom is -0.461 e. The summed E-state index contributed by atoms with van der Waals surface area (Å²) in [6.45, 7) is 1.15. The minimum absolute atomic E-state index is 0.240. The van der Waals surface area contributed by atoms with Gasteiger partial charge in [-0.15, -0.1) is 0 Å². The number of nitrogens with one attached hydrogen (secondary N) is 1. The molecule has 1 amide bonds. The first-order valence-corrected chi connectivity index (χ1v) is 8.13. The lowest BCUT2D eigenvalue weighted by molar-refractivity contribution is 0.0943. The van der Waals surface area contributed by atoms with E-state index in [1.54, 1.807) is 24.5 Å². The number of nitrogens with zero attached hydrogens (tertiary/aromatic N) is 3. The van der Waals surface area contributed by atoms with Crippen LogP contribution in [-0.4, -0.2) is 27.4 Å². The molecule has 1 aliphatic carbocycles. The Bertz CT molecular complexity index is 832. The Morgan fingerprint density at radius 2 is 2.21 bits per heavy atom. The topological polar surface area (TPSA) is 86.1 Å². The van der Waals surface area contributed by atoms with Crippen molar-refractivity contribution in [2.75, 3.05) is 6.54 Å². The van der Waals surface area contributed by atoms with Crippen LogP contribution in [0.3, 0.4) is 0 Å². The van der Waals surface area contributed by atoms with Gasteiger partial charge < -0.3 is 14.3 Å². The smallest absolute Gasteiger partial charge is 0.273 e. The monoisotopic (exact) mass is 326 g/mol. The van der Waals surface area contributed by atoms with Gasteiger partial charge in [0.15, 0.2) is 11.5 Å². The van der Waals surface area contributed by atoms with E-state index in [2.05, 4.69) is 15.6 Å². The van der Waals surface area contributed by atoms with Crippen LogP contribution in [0, 0.1) is 0 Å². The van der Waals surface area contributed by atoms with Crippen LogP contribution < -0.4 is 5.32 Å². The molecule has 0 fully saturated rings. The summed E-state index contributed by atoms with van der Waals surface area (Å²) in [4.78, 5) is 12.2. The molecule has 7 nitrogen and oxygen atoms in total. The van der Waals surface area contributed by atoms with E-state index >= 15 is 0 Å². The molecule has 0 aliphatic heterocycles. The van der Waals surface area contributed by atoms with Crippen LogP contribution in [-0.2, 0) is 19.4 Å². The Morgan fingerprint density at radius 3 is 3.08 bits per heavy atom. The average molecular weight is 326 g/mol. The van der Waals surface area contributed by atoms with E-state index < -0.39 is 0 Å². The van der Waals surface area contributed by atoms with Gasteiger partial charge in [-0.2, -0.15) is 5.10 Å². The Kier molecular flexibility index (Phi) is 3.90. The summed E-state index contributed by atoms with van der Waals surface area (Å²) in [7, 11) is 0. The van der Waals surface area contributed by atoms with E-state index in [9.17, 15) is 4.79 Å². The van der Waals surface area contributed by atoms with Crippen LogP contribution in [0.2, 0.25) is 0 Å². The van der Waals surface area contributed by atoms with Crippen LogP contribution in [0.15, 0.2) is 39.6 Å². The van der Waals surface area contributed by atoms with Gasteiger partial charge in [-0.05, 0) is 43.4 Å². The summed E-state index contributed by atoms with van der Waals surface area (Å²) < 4.78 is 12.3. The number of hydrogen-bond donors (Lipinski definition) is 1. The zero-order valence-corrected chi connectivity index (χ0v) is 13.2. The molecule has 0 unspecified atom stereocenters. The Morgan fingerprint density at radius 1 is 1.29 bits per heavy atom. The van der Waals surface area contributed by atoms with Crippen LogP contribution >= 0.6 is 0 Å². The van der Waals surface area contributed by atoms with Crippen LogP contribution in [0.5, 0.6) is 0 Å². The number of aryl methyl sites for hydroxylation is 1. The molecule has 0 atom stereocenters. The molecule has 0 radical (unpaired) electrons. The van der Waals surface area contributed by atoms with Gasteiger partial charge in [-0.1, -0.05) is 5.16 Å². The SMILES string of the molecule is O=C(NCCn1ncc2c1CCCC2)c1cc(-c2ccco2)on1. The van der Waals surface area contributed by atoms with Crippen LogP contribution in [0.4, 0.5) is 0 Å². The molecule has 3 aromatic rings. The van der Waals surface area contributed by atoms with Crippen LogP contribution in [0.25, 0.3) is 11.5 Å². The average Bonchev–Trinajstić information content (AvgIpc) is 3.35. The molecule has 4 rings (SSSR count). The molecule has 0 spiro atoms. The first-order chi connectivity index (χ1) is 11.8. The zero-order chi connectivity index (χ0) is 16.4. The second kappa shape index (κ2) is 6.35. The van der Waals surface area contributed by atoms with Gasteiger partial charge in [0.05, 0.1) is 19.0 Å². The predicted octanol–water partition coefficient (Wildman–Crippen LogP) is 2.44. The number of hydrogen-bond acceptors (Lipinski definition) is 5. The van der Waals surface area contributed by atoms with E-state index in [1.807, 2.05) is 10.9 Å². The summed E-state index contributed by atoms with van der Waals surface area (Å²) in [6.07, 6.45) is 8.11. The number of furan rings is 1. The van der Waals surface area contributed by atoms with E-state index in [1.165, 1.54) is 24.1 Å². The van der Waals surface area contributed by atoms with E-state index in [4.69, 9.17) is 8.94 Å². The summed E-state index contributed by atoms with van der Waals surface area (Å²) in [5, 5.41) is 11.1. The molecule has 0 saturated carbocycles. The highest BCUT2D eigenvalue weighted by molar-refractivity contribution is 5.92. The van der Waals surface area contributed by atoms with Gasteiger partial charge in [0.1, 0.15) is 0 Å². The summed E-state index contributed by atoms with van der Waals surface area (Å²) in [6, 6.07) is 5.08. The largest absolute Gasteiger partial charge is 0.461 e. The highest BCUT2D eigenvalue weighted by atomic mass is 16.5. The van der Waals surface area contributed by atoms with Crippen LogP contribution in [0.1, 0.15) is 34.6 Å². The molecule has 0 saturated heterocycles. The standard InChI is InChI=1S/C17H18N4O3/c22-17(13-10-16(24-20-13)15-6-3-9-23-15)18-7-8-21-14-5-2-1-4-12(14)11-19-21/h3,6,9-11H,1-2,4-5,7-8H2,(H,18,22). The maximum absolute atomic E-state index is 12.2. The van der Waals surface area contributed by atoms with Crippen molar-refractivity contribution in [3.05, 3.63) is 47.6 Å². The van der Waals surface area contributed by atoms with Gasteiger partial charge in [-0.3, -0.25) is 9.48 Å². The van der Waals surface area contributed by atoms with E-state index in [0.29, 0.717) is 24.6 Å². The highest BCUT2D eigenvalue weighted by Crippen LogP contribution is 2.21. The zero-order valence-electron chi connectivity index (χ0n) is 13.2. The number of amides is 1. The third kappa shape index (κ3) is 2.84. The summed E-state index contributed by atoms with van der Waals surface area (Å²) in [5.41, 5.74) is 2.88. The first-order valence-electron chi connectivity index (χ1n) is 8.13. The van der Waals surface area contributed by atoms with Gasteiger partial charge in [0.25, 0.3) is 5.91 Å². The quantitative estimate of drug-likeness (QED) is 0.778. The lowest BCUT2D eigenvalue weighted by Crippen LogP contribution is -2.28. The molecular formula is C17H18N4O3. The third-order valence-corrected chi connectivity index (χ3v) is 4.26. The van der Waals surface area contributed by atoms with Crippen molar-refractivity contribution < 1.29 is 13.7 Å². The molecule has 124 valence electrons. The fraction of sp³-hybridized carbons (Fsp3) is 0.353. The van der Waals surface area contributed by atoms with Gasteiger partial charge in [0, 0.05) is 18.3 Å². The molecule has 1 aliphatic rings. The molecule has 0 bridgehead atoms. The molecule has 24 heavy (non-hydrogen) atoms. The lowest BCUT2D eigenvalue weighted by atomic mass is 9.98. The van der Waals surface area contributed by atoms with E-state index in [0.717, 1.165) is 12.8 Å². The summed E-state index contributed by atoms with van der Waals surface area (Å²) in [5.74, 6) is 0.716. The lowest BCUT2D eigenvalue weighted by Gasteiger charge is -2.13. The maximum Gasteiger partial charge on any atom is 0.273 e.